The Bertz CT molecular complexity index is 521. The number of nitrogens with two attached hydrogens (primary N) is 1. The van der Waals surface area contributed by atoms with Crippen LogP contribution in [0.5, 0.6) is 0 Å². The van der Waals surface area contributed by atoms with Crippen molar-refractivity contribution in [1.29, 1.82) is 0 Å². The van der Waals surface area contributed by atoms with Crippen molar-refractivity contribution in [3.63, 3.8) is 0 Å². The Morgan fingerprint density at radius 2 is 2.00 bits per heavy atom. The molecule has 5 nitrogen and oxygen atoms in total. The van der Waals surface area contributed by atoms with Crippen molar-refractivity contribution in [2.45, 2.75) is 57.5 Å². The fourth-order valence-electron chi connectivity index (χ4n) is 2.23. The lowest BCUT2D eigenvalue weighted by Crippen LogP contribution is -2.37. The van der Waals surface area contributed by atoms with E-state index in [1.165, 1.54) is 0 Å². The molecular formula is C14H27N3O2S. The lowest BCUT2D eigenvalue weighted by atomic mass is 10.2. The molecule has 2 N–H and O–H groups in total. The summed E-state index contributed by atoms with van der Waals surface area (Å²) in [5, 5.41) is 0. The molecule has 0 fully saturated rings. The number of aryl methyl sites for hydroxylation is 1. The molecule has 0 saturated carbocycles. The minimum atomic E-state index is -3.44. The van der Waals surface area contributed by atoms with E-state index in [9.17, 15) is 8.42 Å². The average Bonchev–Trinajstić information content (AvgIpc) is 2.76. The Kier molecular flexibility index (Phi) is 6.23. The third-order valence-electron chi connectivity index (χ3n) is 3.46. The Hall–Kier alpha value is -0.850. The predicted octanol–water partition coefficient (Wildman–Crippen LogP) is 2.07. The first-order valence-electron chi connectivity index (χ1n) is 7.21. The van der Waals surface area contributed by atoms with Crippen LogP contribution in [0.25, 0.3) is 0 Å². The van der Waals surface area contributed by atoms with Crippen molar-refractivity contribution in [3.05, 3.63) is 18.0 Å². The Morgan fingerprint density at radius 1 is 1.35 bits per heavy atom. The molecule has 116 valence electrons. The predicted molar refractivity (Wildman–Crippen MR) is 81.9 cm³/mol. The van der Waals surface area contributed by atoms with Crippen LogP contribution < -0.4 is 5.73 Å². The second kappa shape index (κ2) is 7.24. The van der Waals surface area contributed by atoms with Gasteiger partial charge in [-0.3, -0.25) is 0 Å². The van der Waals surface area contributed by atoms with Crippen molar-refractivity contribution in [2.75, 3.05) is 6.54 Å². The fourth-order valence-corrected chi connectivity index (χ4v) is 4.00. The highest BCUT2D eigenvalue weighted by Gasteiger charge is 2.27. The normalized spacial score (nSPS) is 12.6. The molecule has 0 aliphatic carbocycles. The van der Waals surface area contributed by atoms with Gasteiger partial charge in [0.1, 0.15) is 4.90 Å². The molecule has 0 aliphatic heterocycles. The first kappa shape index (κ1) is 17.2. The van der Waals surface area contributed by atoms with Crippen LogP contribution in [0.2, 0.25) is 0 Å². The monoisotopic (exact) mass is 301 g/mol. The molecule has 0 atom stereocenters. The van der Waals surface area contributed by atoms with Gasteiger partial charge in [-0.15, -0.1) is 0 Å². The minimum Gasteiger partial charge on any atom is -0.352 e. The number of nitrogens with zero attached hydrogens (tertiary/aromatic N) is 2. The number of sulfonamides is 1. The van der Waals surface area contributed by atoms with Gasteiger partial charge in [-0.1, -0.05) is 19.8 Å². The lowest BCUT2D eigenvalue weighted by molar-refractivity contribution is 0.345. The molecular weight excluding hydrogens is 274 g/mol. The first-order valence-corrected chi connectivity index (χ1v) is 8.65. The standard InChI is InChI=1S/C14H27N3O2S/c1-5-6-7-8-17(12(2)3)20(18,19)14-9-13(10-15)16(4)11-14/h9,11-12H,5-8,10,15H2,1-4H3. The Balaban J connectivity index is 3.02. The highest BCUT2D eigenvalue weighted by Crippen LogP contribution is 2.21. The van der Waals surface area contributed by atoms with Crippen LogP contribution in [0.15, 0.2) is 17.2 Å². The lowest BCUT2D eigenvalue weighted by Gasteiger charge is -2.25. The zero-order valence-electron chi connectivity index (χ0n) is 13.0. The quantitative estimate of drug-likeness (QED) is 0.747. The molecule has 1 heterocycles. The summed E-state index contributed by atoms with van der Waals surface area (Å²) < 4.78 is 28.8. The van der Waals surface area contributed by atoms with Gasteiger partial charge in [0, 0.05) is 38.1 Å². The van der Waals surface area contributed by atoms with Gasteiger partial charge in [0.05, 0.1) is 0 Å². The highest BCUT2D eigenvalue weighted by molar-refractivity contribution is 7.89. The number of aromatic nitrogens is 1. The van der Waals surface area contributed by atoms with Gasteiger partial charge in [-0.05, 0) is 26.3 Å². The van der Waals surface area contributed by atoms with E-state index < -0.39 is 10.0 Å². The third kappa shape index (κ3) is 3.84. The van der Waals surface area contributed by atoms with Crippen molar-refractivity contribution in [3.8, 4) is 0 Å². The maximum Gasteiger partial charge on any atom is 0.244 e. The van der Waals surface area contributed by atoms with Gasteiger partial charge in [0.25, 0.3) is 0 Å². The van der Waals surface area contributed by atoms with Gasteiger partial charge in [0.2, 0.25) is 10.0 Å². The summed E-state index contributed by atoms with van der Waals surface area (Å²) in [5.41, 5.74) is 6.43. The van der Waals surface area contributed by atoms with Gasteiger partial charge in [-0.25, -0.2) is 8.42 Å². The average molecular weight is 301 g/mol. The molecule has 0 radical (unpaired) electrons. The summed E-state index contributed by atoms with van der Waals surface area (Å²) >= 11 is 0. The van der Waals surface area contributed by atoms with Crippen LogP contribution in [0.3, 0.4) is 0 Å². The molecule has 0 saturated heterocycles. The van der Waals surface area contributed by atoms with Crippen LogP contribution in [-0.4, -0.2) is 29.9 Å². The third-order valence-corrected chi connectivity index (χ3v) is 5.50. The first-order chi connectivity index (χ1) is 9.34. The van der Waals surface area contributed by atoms with E-state index in [0.29, 0.717) is 18.0 Å². The zero-order chi connectivity index (χ0) is 15.3. The van der Waals surface area contributed by atoms with Crippen LogP contribution >= 0.6 is 0 Å². The van der Waals surface area contributed by atoms with E-state index in [1.807, 2.05) is 20.9 Å². The topological polar surface area (TPSA) is 68.3 Å². The van der Waals surface area contributed by atoms with E-state index >= 15 is 0 Å². The highest BCUT2D eigenvalue weighted by atomic mass is 32.2. The molecule has 1 rings (SSSR count). The molecule has 0 spiro atoms. The molecule has 0 aliphatic rings. The van der Waals surface area contributed by atoms with E-state index in [4.69, 9.17) is 5.73 Å². The van der Waals surface area contributed by atoms with Crippen LogP contribution in [0, 0.1) is 0 Å². The van der Waals surface area contributed by atoms with Crippen molar-refractivity contribution in [1.82, 2.24) is 8.87 Å². The maximum absolute atomic E-state index is 12.7. The maximum atomic E-state index is 12.7. The number of hydrogen-bond acceptors (Lipinski definition) is 3. The summed E-state index contributed by atoms with van der Waals surface area (Å²) in [7, 11) is -1.62. The molecule has 20 heavy (non-hydrogen) atoms. The number of hydrogen-bond donors (Lipinski definition) is 1. The Labute approximate surface area is 122 Å². The van der Waals surface area contributed by atoms with E-state index in [0.717, 1.165) is 25.0 Å². The number of rotatable bonds is 8. The van der Waals surface area contributed by atoms with E-state index in [1.54, 1.807) is 21.1 Å². The minimum absolute atomic E-state index is 0.0432. The summed E-state index contributed by atoms with van der Waals surface area (Å²) in [4.78, 5) is 0.339. The Morgan fingerprint density at radius 3 is 2.45 bits per heavy atom. The van der Waals surface area contributed by atoms with Gasteiger partial charge < -0.3 is 10.3 Å². The fraction of sp³-hybridized carbons (Fsp3) is 0.714. The molecule has 0 amide bonds. The molecule has 1 aromatic rings. The molecule has 0 aromatic carbocycles. The molecule has 0 bridgehead atoms. The van der Waals surface area contributed by atoms with Crippen molar-refractivity contribution >= 4 is 10.0 Å². The molecule has 0 unspecified atom stereocenters. The smallest absolute Gasteiger partial charge is 0.244 e. The second-order valence-electron chi connectivity index (χ2n) is 5.40. The second-order valence-corrected chi connectivity index (χ2v) is 7.29. The van der Waals surface area contributed by atoms with Gasteiger partial charge in [-0.2, -0.15) is 4.31 Å². The van der Waals surface area contributed by atoms with Gasteiger partial charge in [0.15, 0.2) is 0 Å². The summed E-state index contributed by atoms with van der Waals surface area (Å²) in [6, 6.07) is 1.63. The van der Waals surface area contributed by atoms with Gasteiger partial charge >= 0.3 is 0 Å². The van der Waals surface area contributed by atoms with Crippen LogP contribution in [-0.2, 0) is 23.6 Å². The van der Waals surface area contributed by atoms with Crippen LogP contribution in [0.1, 0.15) is 45.7 Å². The summed E-state index contributed by atoms with van der Waals surface area (Å²) in [5.74, 6) is 0. The largest absolute Gasteiger partial charge is 0.352 e. The SMILES string of the molecule is CCCCCN(C(C)C)S(=O)(=O)c1cc(CN)n(C)c1. The molecule has 1 aromatic heterocycles. The van der Waals surface area contributed by atoms with Crippen LogP contribution in [0.4, 0.5) is 0 Å². The number of unbranched alkanes of at least 4 members (excludes halogenated alkanes) is 2. The van der Waals surface area contributed by atoms with Crippen molar-refractivity contribution < 1.29 is 8.42 Å². The summed E-state index contributed by atoms with van der Waals surface area (Å²) in [6.07, 6.45) is 4.66. The van der Waals surface area contributed by atoms with E-state index in [2.05, 4.69) is 6.92 Å². The van der Waals surface area contributed by atoms with E-state index in [-0.39, 0.29) is 6.04 Å². The molecule has 6 heteroatoms. The summed E-state index contributed by atoms with van der Waals surface area (Å²) in [6.45, 7) is 6.84. The zero-order valence-corrected chi connectivity index (χ0v) is 13.8. The van der Waals surface area contributed by atoms with Crippen molar-refractivity contribution in [2.24, 2.45) is 12.8 Å².